The first-order chi connectivity index (χ1) is 25.6. The lowest BCUT2D eigenvalue weighted by atomic mass is 9.63. The maximum Gasteiger partial charge on any atom is 0.145 e. The Hall–Kier alpha value is -6.65. The predicted octanol–water partition coefficient (Wildman–Crippen LogP) is 12.3. The van der Waals surface area contributed by atoms with Gasteiger partial charge in [0.25, 0.3) is 0 Å². The molecule has 52 heavy (non-hydrogen) atoms. The number of para-hydroxylation sites is 3. The van der Waals surface area contributed by atoms with Gasteiger partial charge in [0.05, 0.1) is 16.4 Å². The molecule has 0 unspecified atom stereocenters. The summed E-state index contributed by atoms with van der Waals surface area (Å²) in [5.74, 6) is 0.193. The Kier molecular flexibility index (Phi) is 6.80. The summed E-state index contributed by atoms with van der Waals surface area (Å²) in [5, 5.41) is 6.90. The van der Waals surface area contributed by atoms with E-state index >= 15 is 0 Å². The molecule has 0 aliphatic rings. The predicted molar refractivity (Wildman–Crippen MR) is 208 cm³/mol. The molecule has 0 spiro atoms. The van der Waals surface area contributed by atoms with Crippen LogP contribution in [-0.4, -0.2) is 9.55 Å². The van der Waals surface area contributed by atoms with Crippen molar-refractivity contribution in [3.8, 4) is 17.1 Å². The number of aromatic nitrogens is 2. The zero-order chi connectivity index (χ0) is 34.8. The summed E-state index contributed by atoms with van der Waals surface area (Å²) in [7, 11) is 0. The van der Waals surface area contributed by atoms with Gasteiger partial charge >= 0.3 is 0 Å². The monoisotopic (exact) mass is 672 g/mol. The smallest absolute Gasteiger partial charge is 0.145 e. The highest BCUT2D eigenvalue weighted by molar-refractivity contribution is 6.24. The van der Waals surface area contributed by atoms with E-state index in [1.807, 2.05) is 60.7 Å². The first-order valence-electron chi connectivity index (χ1n) is 17.4. The van der Waals surface area contributed by atoms with Crippen molar-refractivity contribution >= 4 is 43.4 Å². The van der Waals surface area contributed by atoms with E-state index < -0.39 is 5.41 Å². The Morgan fingerprint density at radius 3 is 1.69 bits per heavy atom. The molecule has 0 saturated heterocycles. The van der Waals surface area contributed by atoms with Crippen molar-refractivity contribution in [3.05, 3.63) is 216 Å². The van der Waals surface area contributed by atoms with E-state index in [0.717, 1.165) is 66.5 Å². The Balaban J connectivity index is 1.30. The fourth-order valence-corrected chi connectivity index (χ4v) is 8.37. The molecule has 0 saturated carbocycles. The minimum Gasteiger partial charge on any atom is -0.292 e. The molecule has 0 amide bonds. The highest BCUT2D eigenvalue weighted by Gasteiger charge is 2.40. The number of hydrogen-bond acceptors (Lipinski definition) is 1. The SMILES string of the molecule is Fc1ccc(C(c2ccc(F)cc2)(c2ccc(-c3nc4ccccc4n3-c3ccccc3)cc2)c2cc3cccc4ccc5cccc2c5c43)cc1. The number of hydrogen-bond donors (Lipinski definition) is 0. The summed E-state index contributed by atoms with van der Waals surface area (Å²) in [4.78, 5) is 5.12. The Bertz CT molecular complexity index is 2850. The minimum absolute atomic E-state index is 0.318. The fraction of sp³-hybridized carbons (Fsp3) is 0.0208. The molecule has 10 aromatic rings. The van der Waals surface area contributed by atoms with Crippen molar-refractivity contribution < 1.29 is 8.78 Å². The highest BCUT2D eigenvalue weighted by atomic mass is 19.1. The van der Waals surface area contributed by atoms with Gasteiger partial charge in [-0.05, 0) is 109 Å². The van der Waals surface area contributed by atoms with E-state index in [9.17, 15) is 8.78 Å². The zero-order valence-corrected chi connectivity index (χ0v) is 28.0. The number of halogens is 2. The van der Waals surface area contributed by atoms with Crippen LogP contribution in [0.15, 0.2) is 182 Å². The van der Waals surface area contributed by atoms with Crippen LogP contribution >= 0.6 is 0 Å². The molecule has 0 aliphatic carbocycles. The third-order valence-corrected chi connectivity index (χ3v) is 10.6. The molecular weight excluding hydrogens is 643 g/mol. The molecule has 9 aromatic carbocycles. The van der Waals surface area contributed by atoms with Crippen LogP contribution in [0.2, 0.25) is 0 Å². The summed E-state index contributed by atoms with van der Waals surface area (Å²) in [6.45, 7) is 0. The third kappa shape index (κ3) is 4.51. The molecule has 1 aromatic heterocycles. The lowest BCUT2D eigenvalue weighted by molar-refractivity contribution is 0.622. The summed E-state index contributed by atoms with van der Waals surface area (Å²) in [6.07, 6.45) is 0. The average molecular weight is 673 g/mol. The second-order valence-electron chi connectivity index (χ2n) is 13.4. The molecule has 2 nitrogen and oxygen atoms in total. The van der Waals surface area contributed by atoms with E-state index in [2.05, 4.69) is 102 Å². The summed E-state index contributed by atoms with van der Waals surface area (Å²) in [5.41, 5.74) is 6.70. The molecule has 0 fully saturated rings. The van der Waals surface area contributed by atoms with Crippen molar-refractivity contribution in [3.63, 3.8) is 0 Å². The zero-order valence-electron chi connectivity index (χ0n) is 28.0. The lowest BCUT2D eigenvalue weighted by Crippen LogP contribution is -2.31. The highest BCUT2D eigenvalue weighted by Crippen LogP contribution is 2.50. The maximum atomic E-state index is 14.7. The molecule has 10 rings (SSSR count). The van der Waals surface area contributed by atoms with Gasteiger partial charge in [0.2, 0.25) is 0 Å². The molecule has 0 aliphatic heterocycles. The van der Waals surface area contributed by atoms with Crippen LogP contribution in [0.3, 0.4) is 0 Å². The van der Waals surface area contributed by atoms with Crippen LogP contribution < -0.4 is 0 Å². The Labute approximate surface area is 299 Å². The Morgan fingerprint density at radius 2 is 1.02 bits per heavy atom. The molecule has 1 heterocycles. The van der Waals surface area contributed by atoms with Crippen molar-refractivity contribution in [2.75, 3.05) is 0 Å². The van der Waals surface area contributed by atoms with Gasteiger partial charge in [-0.3, -0.25) is 4.57 Å². The van der Waals surface area contributed by atoms with Crippen LogP contribution in [0.25, 0.3) is 60.4 Å². The van der Waals surface area contributed by atoms with Crippen LogP contribution in [0, 0.1) is 11.6 Å². The van der Waals surface area contributed by atoms with Crippen LogP contribution in [0.5, 0.6) is 0 Å². The van der Waals surface area contributed by atoms with Gasteiger partial charge in [-0.15, -0.1) is 0 Å². The van der Waals surface area contributed by atoms with Gasteiger partial charge in [0, 0.05) is 11.3 Å². The summed E-state index contributed by atoms with van der Waals surface area (Å²) < 4.78 is 31.7. The molecule has 0 radical (unpaired) electrons. The maximum absolute atomic E-state index is 14.7. The molecule has 0 bridgehead atoms. The first kappa shape index (κ1) is 30.2. The van der Waals surface area contributed by atoms with E-state index in [-0.39, 0.29) is 11.6 Å². The number of fused-ring (bicyclic) bond motifs is 1. The topological polar surface area (TPSA) is 17.8 Å². The van der Waals surface area contributed by atoms with E-state index in [4.69, 9.17) is 4.98 Å². The van der Waals surface area contributed by atoms with Crippen molar-refractivity contribution in [2.24, 2.45) is 0 Å². The second-order valence-corrected chi connectivity index (χ2v) is 13.4. The van der Waals surface area contributed by atoms with E-state index in [1.165, 1.54) is 40.4 Å². The lowest BCUT2D eigenvalue weighted by Gasteiger charge is -2.38. The van der Waals surface area contributed by atoms with Crippen LogP contribution in [0.1, 0.15) is 22.3 Å². The number of imidazole rings is 1. The fourth-order valence-electron chi connectivity index (χ4n) is 8.37. The first-order valence-corrected chi connectivity index (χ1v) is 17.4. The van der Waals surface area contributed by atoms with Gasteiger partial charge in [-0.2, -0.15) is 0 Å². The Morgan fingerprint density at radius 1 is 0.462 bits per heavy atom. The van der Waals surface area contributed by atoms with E-state index in [0.29, 0.717) is 0 Å². The summed E-state index contributed by atoms with van der Waals surface area (Å²) in [6, 6.07) is 60.0. The normalized spacial score (nSPS) is 12.0. The largest absolute Gasteiger partial charge is 0.292 e. The standard InChI is InChI=1S/C48H30F2N2/c49-38-26-22-36(23-27-38)48(37-24-28-39(50)29-25-37,42-30-34-10-6-8-31-16-17-32-9-7-13-41(42)46(32)45(31)34)35-20-18-33(19-21-35)47-51-43-14-4-5-15-44(43)52(47)40-11-2-1-3-12-40/h1-30H. The molecular formula is C48H30F2N2. The van der Waals surface area contributed by atoms with Gasteiger partial charge in [-0.1, -0.05) is 127 Å². The van der Waals surface area contributed by atoms with Crippen molar-refractivity contribution in [2.45, 2.75) is 5.41 Å². The quantitative estimate of drug-likeness (QED) is 0.127. The molecule has 4 heteroatoms. The van der Waals surface area contributed by atoms with Crippen LogP contribution in [0.4, 0.5) is 8.78 Å². The number of rotatable bonds is 6. The molecule has 0 atom stereocenters. The van der Waals surface area contributed by atoms with Crippen LogP contribution in [-0.2, 0) is 5.41 Å². The minimum atomic E-state index is -0.955. The number of benzene rings is 9. The van der Waals surface area contributed by atoms with Crippen molar-refractivity contribution in [1.29, 1.82) is 0 Å². The molecule has 246 valence electrons. The van der Waals surface area contributed by atoms with Gasteiger partial charge in [0.15, 0.2) is 0 Å². The van der Waals surface area contributed by atoms with Crippen molar-refractivity contribution in [1.82, 2.24) is 9.55 Å². The third-order valence-electron chi connectivity index (χ3n) is 10.6. The average Bonchev–Trinajstić information content (AvgIpc) is 3.59. The molecule has 0 N–H and O–H groups in total. The van der Waals surface area contributed by atoms with Gasteiger partial charge < -0.3 is 0 Å². The van der Waals surface area contributed by atoms with E-state index in [1.54, 1.807) is 0 Å². The summed E-state index contributed by atoms with van der Waals surface area (Å²) >= 11 is 0. The number of nitrogens with zero attached hydrogens (tertiary/aromatic N) is 2. The second kappa shape index (κ2) is 11.7. The van der Waals surface area contributed by atoms with Gasteiger partial charge in [0.1, 0.15) is 17.5 Å². The van der Waals surface area contributed by atoms with Gasteiger partial charge in [-0.25, -0.2) is 13.8 Å².